The van der Waals surface area contributed by atoms with Gasteiger partial charge in [0, 0.05) is 18.7 Å². The summed E-state index contributed by atoms with van der Waals surface area (Å²) in [7, 11) is 0. The van der Waals surface area contributed by atoms with Crippen molar-refractivity contribution in [3.05, 3.63) is 74.3 Å². The molecule has 2 aromatic rings. The van der Waals surface area contributed by atoms with Crippen molar-refractivity contribution >= 4 is 29.1 Å². The van der Waals surface area contributed by atoms with E-state index in [1.807, 2.05) is 52.0 Å². The zero-order chi connectivity index (χ0) is 23.8. The number of ether oxygens (including phenoxy) is 1. The molecule has 0 aliphatic carbocycles. The van der Waals surface area contributed by atoms with Gasteiger partial charge in [-0.2, -0.15) is 0 Å². The number of hydrogen-bond acceptors (Lipinski definition) is 5. The number of nitro groups is 1. The van der Waals surface area contributed by atoms with Gasteiger partial charge in [0.15, 0.2) is 0 Å². The van der Waals surface area contributed by atoms with Crippen molar-refractivity contribution in [1.29, 1.82) is 0 Å². The molecule has 2 rings (SSSR count). The SMILES string of the molecule is CC(C)OCc1cccc(CNC(=O)C(NC(=O)c2ccc([N+](=O)[O-])cc2Cl)C(C)C)c1. The van der Waals surface area contributed by atoms with E-state index < -0.39 is 16.9 Å². The maximum Gasteiger partial charge on any atom is 0.270 e. The van der Waals surface area contributed by atoms with Gasteiger partial charge in [-0.1, -0.05) is 49.7 Å². The summed E-state index contributed by atoms with van der Waals surface area (Å²) in [6.07, 6.45) is 0.123. The van der Waals surface area contributed by atoms with Gasteiger partial charge in [-0.3, -0.25) is 19.7 Å². The van der Waals surface area contributed by atoms with E-state index >= 15 is 0 Å². The molecule has 0 aliphatic rings. The second kappa shape index (κ2) is 11.6. The van der Waals surface area contributed by atoms with E-state index in [0.29, 0.717) is 13.2 Å². The molecule has 0 aromatic heterocycles. The third kappa shape index (κ3) is 7.32. The number of benzene rings is 2. The first-order valence-corrected chi connectivity index (χ1v) is 10.7. The number of nitrogens with one attached hydrogen (secondary N) is 2. The average Bonchev–Trinajstić information content (AvgIpc) is 2.74. The zero-order valence-electron chi connectivity index (χ0n) is 18.6. The lowest BCUT2D eigenvalue weighted by atomic mass is 10.0. The Morgan fingerprint density at radius 2 is 1.78 bits per heavy atom. The van der Waals surface area contributed by atoms with Crippen LogP contribution in [0.4, 0.5) is 5.69 Å². The molecule has 2 amide bonds. The van der Waals surface area contributed by atoms with Crippen molar-refractivity contribution in [2.75, 3.05) is 0 Å². The van der Waals surface area contributed by atoms with E-state index in [1.54, 1.807) is 0 Å². The number of halogens is 1. The van der Waals surface area contributed by atoms with Gasteiger partial charge in [-0.05, 0) is 37.0 Å². The molecule has 32 heavy (non-hydrogen) atoms. The van der Waals surface area contributed by atoms with Gasteiger partial charge in [0.05, 0.1) is 28.2 Å². The third-order valence-electron chi connectivity index (χ3n) is 4.69. The smallest absolute Gasteiger partial charge is 0.270 e. The van der Waals surface area contributed by atoms with Crippen LogP contribution in [-0.2, 0) is 22.7 Å². The fourth-order valence-corrected chi connectivity index (χ4v) is 3.21. The fourth-order valence-electron chi connectivity index (χ4n) is 2.95. The van der Waals surface area contributed by atoms with Crippen molar-refractivity contribution in [2.45, 2.75) is 53.0 Å². The summed E-state index contributed by atoms with van der Waals surface area (Å²) in [5.41, 5.74) is 1.77. The Morgan fingerprint density at radius 3 is 2.38 bits per heavy atom. The lowest BCUT2D eigenvalue weighted by Crippen LogP contribution is -2.49. The molecule has 0 spiro atoms. The summed E-state index contributed by atoms with van der Waals surface area (Å²) >= 11 is 6.04. The van der Waals surface area contributed by atoms with Crippen molar-refractivity contribution in [3.63, 3.8) is 0 Å². The maximum atomic E-state index is 12.8. The van der Waals surface area contributed by atoms with Crippen LogP contribution < -0.4 is 10.6 Å². The minimum atomic E-state index is -0.804. The number of hydrogen-bond donors (Lipinski definition) is 2. The second-order valence-corrected chi connectivity index (χ2v) is 8.42. The number of non-ortho nitro benzene ring substituents is 1. The van der Waals surface area contributed by atoms with Crippen LogP contribution in [0.2, 0.25) is 5.02 Å². The van der Waals surface area contributed by atoms with Crippen LogP contribution in [-0.4, -0.2) is 28.9 Å². The van der Waals surface area contributed by atoms with Gasteiger partial charge in [-0.25, -0.2) is 0 Å². The van der Waals surface area contributed by atoms with Crippen molar-refractivity contribution in [3.8, 4) is 0 Å². The first-order valence-electron chi connectivity index (χ1n) is 10.3. The number of carbonyl (C=O) groups excluding carboxylic acids is 2. The van der Waals surface area contributed by atoms with Crippen LogP contribution in [0.5, 0.6) is 0 Å². The van der Waals surface area contributed by atoms with E-state index in [0.717, 1.165) is 17.2 Å². The highest BCUT2D eigenvalue weighted by atomic mass is 35.5. The second-order valence-electron chi connectivity index (χ2n) is 8.01. The molecule has 0 heterocycles. The van der Waals surface area contributed by atoms with E-state index in [2.05, 4.69) is 10.6 Å². The van der Waals surface area contributed by atoms with Gasteiger partial charge in [0.25, 0.3) is 11.6 Å². The molecule has 9 heteroatoms. The largest absolute Gasteiger partial charge is 0.374 e. The van der Waals surface area contributed by atoms with Crippen molar-refractivity contribution < 1.29 is 19.2 Å². The van der Waals surface area contributed by atoms with E-state index in [9.17, 15) is 19.7 Å². The first kappa shape index (κ1) is 25.3. The molecule has 0 saturated carbocycles. The predicted octanol–water partition coefficient (Wildman–Crippen LogP) is 4.24. The van der Waals surface area contributed by atoms with Gasteiger partial charge in [-0.15, -0.1) is 0 Å². The van der Waals surface area contributed by atoms with Crippen LogP contribution >= 0.6 is 11.6 Å². The Kier molecular flexibility index (Phi) is 9.16. The fraction of sp³-hybridized carbons (Fsp3) is 0.391. The normalized spacial score (nSPS) is 12.0. The molecular weight excluding hydrogens is 434 g/mol. The predicted molar refractivity (Wildman–Crippen MR) is 122 cm³/mol. The van der Waals surface area contributed by atoms with Gasteiger partial charge < -0.3 is 15.4 Å². The van der Waals surface area contributed by atoms with Gasteiger partial charge in [0.2, 0.25) is 5.91 Å². The van der Waals surface area contributed by atoms with Crippen LogP contribution in [0.15, 0.2) is 42.5 Å². The lowest BCUT2D eigenvalue weighted by Gasteiger charge is -2.22. The van der Waals surface area contributed by atoms with Crippen LogP contribution in [0, 0.1) is 16.0 Å². The summed E-state index contributed by atoms with van der Waals surface area (Å²) < 4.78 is 5.61. The third-order valence-corrected chi connectivity index (χ3v) is 5.00. The molecule has 0 aliphatic heterocycles. The van der Waals surface area contributed by atoms with E-state index in [-0.39, 0.29) is 34.2 Å². The lowest BCUT2D eigenvalue weighted by molar-refractivity contribution is -0.384. The van der Waals surface area contributed by atoms with Crippen molar-refractivity contribution in [2.24, 2.45) is 5.92 Å². The Balaban J connectivity index is 2.03. The number of amides is 2. The average molecular weight is 462 g/mol. The minimum absolute atomic E-state index is 0.0555. The Hall–Kier alpha value is -2.97. The highest BCUT2D eigenvalue weighted by Crippen LogP contribution is 2.22. The topological polar surface area (TPSA) is 111 Å². The molecule has 2 aromatic carbocycles. The monoisotopic (exact) mass is 461 g/mol. The molecule has 1 atom stereocenters. The number of carbonyl (C=O) groups is 2. The molecule has 2 N–H and O–H groups in total. The van der Waals surface area contributed by atoms with Gasteiger partial charge in [0.1, 0.15) is 6.04 Å². The van der Waals surface area contributed by atoms with Crippen LogP contribution in [0.1, 0.15) is 49.2 Å². The van der Waals surface area contributed by atoms with Crippen LogP contribution in [0.3, 0.4) is 0 Å². The number of nitrogens with zero attached hydrogens (tertiary/aromatic N) is 1. The maximum absolute atomic E-state index is 12.8. The van der Waals surface area contributed by atoms with E-state index in [1.165, 1.54) is 12.1 Å². The summed E-state index contributed by atoms with van der Waals surface area (Å²) in [6.45, 7) is 8.34. The molecule has 0 saturated heterocycles. The molecule has 0 fully saturated rings. The van der Waals surface area contributed by atoms with E-state index in [4.69, 9.17) is 16.3 Å². The Morgan fingerprint density at radius 1 is 1.09 bits per heavy atom. The molecule has 0 bridgehead atoms. The highest BCUT2D eigenvalue weighted by molar-refractivity contribution is 6.34. The quantitative estimate of drug-likeness (QED) is 0.406. The number of rotatable bonds is 10. The summed E-state index contributed by atoms with van der Waals surface area (Å²) in [5.74, 6) is -1.11. The highest BCUT2D eigenvalue weighted by Gasteiger charge is 2.26. The number of nitro benzene ring substituents is 1. The summed E-state index contributed by atoms with van der Waals surface area (Å²) in [5, 5.41) is 16.3. The Bertz CT molecular complexity index is 978. The van der Waals surface area contributed by atoms with Crippen LogP contribution in [0.25, 0.3) is 0 Å². The van der Waals surface area contributed by atoms with Gasteiger partial charge >= 0.3 is 0 Å². The summed E-state index contributed by atoms with van der Waals surface area (Å²) in [4.78, 5) is 35.7. The molecule has 172 valence electrons. The van der Waals surface area contributed by atoms with Crippen molar-refractivity contribution in [1.82, 2.24) is 10.6 Å². The summed E-state index contributed by atoms with van der Waals surface area (Å²) in [6, 6.07) is 10.5. The first-order chi connectivity index (χ1) is 15.1. The molecular formula is C23H28ClN3O5. The molecule has 0 radical (unpaired) electrons. The minimum Gasteiger partial charge on any atom is -0.374 e. The standard InChI is InChI=1S/C23H28ClN3O5/c1-14(2)21(26-22(28)19-9-8-18(27(30)31)11-20(19)24)23(29)25-12-16-6-5-7-17(10-16)13-32-15(3)4/h5-11,14-15,21H,12-13H2,1-4H3,(H,25,29)(H,26,28). The zero-order valence-corrected chi connectivity index (χ0v) is 19.3. The Labute approximate surface area is 192 Å². The molecule has 1 unspecified atom stereocenters. The molecule has 8 nitrogen and oxygen atoms in total.